The number of hydrogen-bond donors (Lipinski definition) is 5. The summed E-state index contributed by atoms with van der Waals surface area (Å²) in [6.07, 6.45) is -1.18. The van der Waals surface area contributed by atoms with E-state index in [9.17, 15) is 14.4 Å². The lowest BCUT2D eigenvalue weighted by molar-refractivity contribution is -0.170. The third kappa shape index (κ3) is 11.4. The van der Waals surface area contributed by atoms with Crippen LogP contribution in [0.5, 0.6) is 0 Å². The van der Waals surface area contributed by atoms with Gasteiger partial charge < -0.3 is 31.1 Å². The van der Waals surface area contributed by atoms with Gasteiger partial charge in [-0.3, -0.25) is 9.59 Å². The van der Waals surface area contributed by atoms with Crippen molar-refractivity contribution in [2.45, 2.75) is 24.9 Å². The number of nitrogens with two attached hydrogens (primary N) is 1. The van der Waals surface area contributed by atoms with Gasteiger partial charge in [-0.05, 0) is 33.6 Å². The molecule has 0 rings (SSSR count). The molecule has 6 N–H and O–H groups in total. The van der Waals surface area contributed by atoms with Crippen molar-refractivity contribution in [2.24, 2.45) is 5.73 Å². The predicted octanol–water partition coefficient (Wildman–Crippen LogP) is -1.35. The maximum Gasteiger partial charge on any atom is 0.336 e. The third-order valence-corrected chi connectivity index (χ3v) is 2.09. The van der Waals surface area contributed by atoms with Crippen LogP contribution in [0.2, 0.25) is 0 Å². The normalized spacial score (nSPS) is 10.7. The molecule has 0 aliphatic carbocycles. The van der Waals surface area contributed by atoms with Crippen molar-refractivity contribution in [2.75, 3.05) is 27.2 Å². The summed E-state index contributed by atoms with van der Waals surface area (Å²) >= 11 is 0. The van der Waals surface area contributed by atoms with Crippen LogP contribution in [0.3, 0.4) is 0 Å². The summed E-state index contributed by atoms with van der Waals surface area (Å²) in [4.78, 5) is 32.6. The molecule has 0 saturated heterocycles. The van der Waals surface area contributed by atoms with Gasteiger partial charge in [-0.1, -0.05) is 0 Å². The van der Waals surface area contributed by atoms with Gasteiger partial charge in [0.15, 0.2) is 5.60 Å². The first-order valence-corrected chi connectivity index (χ1v) is 5.79. The minimum Gasteiger partial charge on any atom is -0.481 e. The molecule has 0 atom stereocenters. The Morgan fingerprint density at radius 1 is 1.05 bits per heavy atom. The number of aliphatic carboxylic acids is 3. The minimum atomic E-state index is -2.74. The van der Waals surface area contributed by atoms with Gasteiger partial charge in [0.25, 0.3) is 0 Å². The van der Waals surface area contributed by atoms with E-state index >= 15 is 0 Å². The Bertz CT molecular complexity index is 315. The quantitative estimate of drug-likeness (QED) is 0.364. The van der Waals surface area contributed by atoms with E-state index in [0.717, 1.165) is 19.5 Å². The second-order valence-corrected chi connectivity index (χ2v) is 4.42. The van der Waals surface area contributed by atoms with E-state index in [1.54, 1.807) is 0 Å². The molecule has 0 spiro atoms. The average molecular weight is 294 g/mol. The molecule has 0 aliphatic heterocycles. The highest BCUT2D eigenvalue weighted by Crippen LogP contribution is 2.15. The van der Waals surface area contributed by atoms with E-state index in [4.69, 9.17) is 26.2 Å². The van der Waals surface area contributed by atoms with Crippen molar-refractivity contribution in [3.05, 3.63) is 0 Å². The van der Waals surface area contributed by atoms with Crippen LogP contribution in [0.4, 0.5) is 0 Å². The van der Waals surface area contributed by atoms with Crippen LogP contribution < -0.4 is 5.73 Å². The molecular formula is C11H22N2O7. The molecule has 0 unspecified atom stereocenters. The molecular weight excluding hydrogens is 272 g/mol. The molecule has 0 fully saturated rings. The van der Waals surface area contributed by atoms with Gasteiger partial charge >= 0.3 is 17.9 Å². The molecule has 0 aromatic rings. The molecule has 0 aromatic heterocycles. The molecule has 0 aliphatic rings. The molecule has 9 heteroatoms. The van der Waals surface area contributed by atoms with Crippen LogP contribution in [-0.2, 0) is 14.4 Å². The van der Waals surface area contributed by atoms with Gasteiger partial charge in [0.2, 0.25) is 0 Å². The van der Waals surface area contributed by atoms with Gasteiger partial charge in [-0.25, -0.2) is 4.79 Å². The highest BCUT2D eigenvalue weighted by molar-refractivity contribution is 5.88. The number of nitrogens with zero attached hydrogens (tertiary/aromatic N) is 1. The first-order chi connectivity index (χ1) is 9.05. The van der Waals surface area contributed by atoms with E-state index in [1.165, 1.54) is 0 Å². The maximum absolute atomic E-state index is 10.3. The number of carboxylic acids is 3. The van der Waals surface area contributed by atoms with E-state index in [1.807, 2.05) is 0 Å². The SMILES string of the molecule is CN(C)CCCN.O=C(O)CC(O)(CC(=O)O)C(=O)O. The van der Waals surface area contributed by atoms with Gasteiger partial charge in [0.1, 0.15) is 0 Å². The topological polar surface area (TPSA) is 161 Å². The predicted molar refractivity (Wildman–Crippen MR) is 69.3 cm³/mol. The average Bonchev–Trinajstić information content (AvgIpc) is 2.24. The van der Waals surface area contributed by atoms with Gasteiger partial charge in [0.05, 0.1) is 12.8 Å². The minimum absolute atomic E-state index is 0.804. The first kappa shape index (κ1) is 20.6. The third-order valence-electron chi connectivity index (χ3n) is 2.09. The molecule has 0 aromatic carbocycles. The number of carboxylic acid groups (broad SMARTS) is 3. The molecule has 0 bridgehead atoms. The Hall–Kier alpha value is -1.71. The van der Waals surface area contributed by atoms with Gasteiger partial charge in [0, 0.05) is 0 Å². The standard InChI is InChI=1S/C6H8O7.C5H14N2/c7-3(8)1-6(13,5(11)12)2-4(9)10;1-7(2)5-3-4-6/h13H,1-2H2,(H,7,8)(H,9,10)(H,11,12);3-6H2,1-2H3. The smallest absolute Gasteiger partial charge is 0.336 e. The van der Waals surface area contributed by atoms with Crippen molar-refractivity contribution >= 4 is 17.9 Å². The zero-order valence-electron chi connectivity index (χ0n) is 11.6. The fraction of sp³-hybridized carbons (Fsp3) is 0.727. The highest BCUT2D eigenvalue weighted by atomic mass is 16.4. The van der Waals surface area contributed by atoms with E-state index in [0.29, 0.717) is 0 Å². The number of rotatable bonds is 8. The van der Waals surface area contributed by atoms with Crippen molar-refractivity contribution in [3.63, 3.8) is 0 Å². The van der Waals surface area contributed by atoms with Crippen LogP contribution in [0.15, 0.2) is 0 Å². The molecule has 118 valence electrons. The second kappa shape index (κ2) is 10.1. The molecule has 9 nitrogen and oxygen atoms in total. The van der Waals surface area contributed by atoms with Crippen molar-refractivity contribution in [1.29, 1.82) is 0 Å². The molecule has 0 amide bonds. The summed E-state index contributed by atoms with van der Waals surface area (Å²) in [5.74, 6) is -5.02. The van der Waals surface area contributed by atoms with Crippen LogP contribution in [0.25, 0.3) is 0 Å². The fourth-order valence-electron chi connectivity index (χ4n) is 1.12. The second-order valence-electron chi connectivity index (χ2n) is 4.42. The Morgan fingerprint density at radius 3 is 1.60 bits per heavy atom. The monoisotopic (exact) mass is 294 g/mol. The summed E-state index contributed by atoms with van der Waals surface area (Å²) in [6.45, 7) is 1.91. The molecule has 0 heterocycles. The summed E-state index contributed by atoms with van der Waals surface area (Å²) in [5, 5.41) is 33.8. The fourth-order valence-corrected chi connectivity index (χ4v) is 1.12. The molecule has 20 heavy (non-hydrogen) atoms. The molecule has 0 radical (unpaired) electrons. The Balaban J connectivity index is 0. The number of hydrogen-bond acceptors (Lipinski definition) is 6. The zero-order valence-corrected chi connectivity index (χ0v) is 11.6. The Morgan fingerprint density at radius 2 is 1.45 bits per heavy atom. The summed E-state index contributed by atoms with van der Waals surface area (Å²) in [7, 11) is 4.10. The lowest BCUT2D eigenvalue weighted by Gasteiger charge is -2.18. The van der Waals surface area contributed by atoms with Crippen molar-refractivity contribution in [3.8, 4) is 0 Å². The Kier molecular flexibility index (Phi) is 10.4. The molecule has 0 saturated carbocycles. The van der Waals surface area contributed by atoms with Crippen LogP contribution >= 0.6 is 0 Å². The Labute approximate surface area is 116 Å². The van der Waals surface area contributed by atoms with E-state index in [-0.39, 0.29) is 0 Å². The summed E-state index contributed by atoms with van der Waals surface area (Å²) in [6, 6.07) is 0. The van der Waals surface area contributed by atoms with Crippen LogP contribution in [-0.4, -0.2) is 76.0 Å². The lowest BCUT2D eigenvalue weighted by atomic mass is 9.96. The zero-order chi connectivity index (χ0) is 16.3. The van der Waals surface area contributed by atoms with E-state index in [2.05, 4.69) is 19.0 Å². The van der Waals surface area contributed by atoms with Crippen LogP contribution in [0, 0.1) is 0 Å². The highest BCUT2D eigenvalue weighted by Gasteiger charge is 2.40. The first-order valence-electron chi connectivity index (χ1n) is 5.79. The number of aliphatic hydroxyl groups is 1. The van der Waals surface area contributed by atoms with E-state index < -0.39 is 36.4 Å². The van der Waals surface area contributed by atoms with Gasteiger partial charge in [-0.15, -0.1) is 0 Å². The van der Waals surface area contributed by atoms with Crippen molar-refractivity contribution < 1.29 is 34.8 Å². The maximum atomic E-state index is 10.3. The van der Waals surface area contributed by atoms with Gasteiger partial charge in [-0.2, -0.15) is 0 Å². The van der Waals surface area contributed by atoms with Crippen molar-refractivity contribution in [1.82, 2.24) is 4.90 Å². The number of carbonyl (C=O) groups is 3. The summed E-state index contributed by atoms with van der Waals surface area (Å²) < 4.78 is 0. The van der Waals surface area contributed by atoms with Crippen LogP contribution in [0.1, 0.15) is 19.3 Å². The summed E-state index contributed by atoms with van der Waals surface area (Å²) in [5.41, 5.74) is 2.51. The largest absolute Gasteiger partial charge is 0.481 e. The lowest BCUT2D eigenvalue weighted by Crippen LogP contribution is -2.42.